The Morgan fingerprint density at radius 3 is 2.06 bits per heavy atom. The van der Waals surface area contributed by atoms with Gasteiger partial charge in [-0.15, -0.1) is 4.98 Å². The molecule has 1 heterocycles. The summed E-state index contributed by atoms with van der Waals surface area (Å²) in [5.74, 6) is 1.20. The van der Waals surface area contributed by atoms with E-state index in [1.54, 1.807) is 7.11 Å². The summed E-state index contributed by atoms with van der Waals surface area (Å²) >= 11 is 0. The van der Waals surface area contributed by atoms with Gasteiger partial charge in [-0.05, 0) is 12.1 Å². The van der Waals surface area contributed by atoms with Gasteiger partial charge in [0.25, 0.3) is 0 Å². The number of ether oxygens (including phenoxy) is 3. The third-order valence-electron chi connectivity index (χ3n) is 2.29. The molecule has 1 aromatic carbocycles. The molecule has 0 aliphatic carbocycles. The first kappa shape index (κ1) is 12.1. The molecule has 18 heavy (non-hydrogen) atoms. The molecule has 6 heteroatoms. The van der Waals surface area contributed by atoms with E-state index in [0.29, 0.717) is 5.82 Å². The third kappa shape index (κ3) is 2.48. The largest absolute Gasteiger partial charge is 0.497 e. The van der Waals surface area contributed by atoms with Gasteiger partial charge in [0.15, 0.2) is 5.82 Å². The van der Waals surface area contributed by atoms with Crippen LogP contribution >= 0.6 is 0 Å². The molecular weight excluding hydrogens is 234 g/mol. The second kappa shape index (κ2) is 5.31. The lowest BCUT2D eigenvalue weighted by molar-refractivity contribution is 0.341. The minimum atomic E-state index is 0.208. The summed E-state index contributed by atoms with van der Waals surface area (Å²) in [6.45, 7) is 0. The van der Waals surface area contributed by atoms with Gasteiger partial charge in [0.2, 0.25) is 0 Å². The van der Waals surface area contributed by atoms with E-state index in [4.69, 9.17) is 14.2 Å². The van der Waals surface area contributed by atoms with Crippen LogP contribution in [0.2, 0.25) is 0 Å². The lowest BCUT2D eigenvalue weighted by atomic mass is 10.2. The highest BCUT2D eigenvalue weighted by Crippen LogP contribution is 2.23. The van der Waals surface area contributed by atoms with E-state index in [2.05, 4.69) is 15.0 Å². The summed E-state index contributed by atoms with van der Waals surface area (Å²) in [4.78, 5) is 12.3. The van der Waals surface area contributed by atoms with Gasteiger partial charge in [-0.2, -0.15) is 9.97 Å². The molecule has 0 aliphatic heterocycles. The van der Waals surface area contributed by atoms with Gasteiger partial charge in [-0.25, -0.2) is 0 Å². The molecule has 0 atom stereocenters. The van der Waals surface area contributed by atoms with E-state index in [0.717, 1.165) is 11.3 Å². The minimum Gasteiger partial charge on any atom is -0.497 e. The van der Waals surface area contributed by atoms with Gasteiger partial charge in [-0.1, -0.05) is 12.1 Å². The Hall–Kier alpha value is -2.37. The van der Waals surface area contributed by atoms with E-state index >= 15 is 0 Å². The summed E-state index contributed by atoms with van der Waals surface area (Å²) in [6, 6.07) is 7.82. The molecule has 0 spiro atoms. The van der Waals surface area contributed by atoms with Crippen LogP contribution in [0.25, 0.3) is 11.4 Å². The first-order valence-electron chi connectivity index (χ1n) is 5.25. The molecule has 2 rings (SSSR count). The van der Waals surface area contributed by atoms with Crippen molar-refractivity contribution in [1.29, 1.82) is 0 Å². The average Bonchev–Trinajstić information content (AvgIpc) is 2.46. The molecule has 0 unspecified atom stereocenters. The van der Waals surface area contributed by atoms with Gasteiger partial charge >= 0.3 is 12.0 Å². The van der Waals surface area contributed by atoms with Crippen LogP contribution < -0.4 is 14.2 Å². The second-order valence-electron chi connectivity index (χ2n) is 3.36. The van der Waals surface area contributed by atoms with Crippen molar-refractivity contribution in [2.24, 2.45) is 0 Å². The van der Waals surface area contributed by atoms with Crippen molar-refractivity contribution in [3.05, 3.63) is 24.3 Å². The quantitative estimate of drug-likeness (QED) is 0.816. The van der Waals surface area contributed by atoms with Crippen LogP contribution in [0, 0.1) is 0 Å². The SMILES string of the molecule is COc1cccc(-c2nc(OC)nc(OC)n2)c1. The normalized spacial score (nSPS) is 9.94. The predicted molar refractivity (Wildman–Crippen MR) is 64.9 cm³/mol. The Balaban J connectivity index is 2.48. The van der Waals surface area contributed by atoms with E-state index in [1.807, 2.05) is 24.3 Å². The molecule has 0 amide bonds. The Labute approximate surface area is 105 Å². The monoisotopic (exact) mass is 247 g/mol. The number of methoxy groups -OCH3 is 3. The van der Waals surface area contributed by atoms with Crippen LogP contribution in [-0.2, 0) is 0 Å². The summed E-state index contributed by atoms with van der Waals surface area (Å²) in [6.07, 6.45) is 0. The van der Waals surface area contributed by atoms with Crippen molar-refractivity contribution in [3.63, 3.8) is 0 Å². The number of hydrogen-bond acceptors (Lipinski definition) is 6. The lowest BCUT2D eigenvalue weighted by Gasteiger charge is -2.06. The summed E-state index contributed by atoms with van der Waals surface area (Å²) in [5, 5.41) is 0. The zero-order chi connectivity index (χ0) is 13.0. The topological polar surface area (TPSA) is 66.4 Å². The zero-order valence-electron chi connectivity index (χ0n) is 10.4. The minimum absolute atomic E-state index is 0.208. The van der Waals surface area contributed by atoms with Crippen LogP contribution in [-0.4, -0.2) is 36.3 Å². The fourth-order valence-corrected chi connectivity index (χ4v) is 1.41. The van der Waals surface area contributed by atoms with E-state index in [1.165, 1.54) is 14.2 Å². The molecule has 0 saturated heterocycles. The summed E-state index contributed by atoms with van der Waals surface area (Å²) < 4.78 is 15.2. The van der Waals surface area contributed by atoms with Crippen molar-refractivity contribution in [2.75, 3.05) is 21.3 Å². The number of aromatic nitrogens is 3. The maximum atomic E-state index is 5.16. The first-order valence-corrected chi connectivity index (χ1v) is 5.25. The highest BCUT2D eigenvalue weighted by molar-refractivity contribution is 5.57. The fraction of sp³-hybridized carbons (Fsp3) is 0.250. The molecule has 0 radical (unpaired) electrons. The number of nitrogens with zero attached hydrogens (tertiary/aromatic N) is 3. The van der Waals surface area contributed by atoms with Gasteiger partial charge < -0.3 is 14.2 Å². The van der Waals surface area contributed by atoms with Crippen LogP contribution in [0.15, 0.2) is 24.3 Å². The number of rotatable bonds is 4. The second-order valence-corrected chi connectivity index (χ2v) is 3.36. The lowest BCUT2D eigenvalue weighted by Crippen LogP contribution is -2.01. The molecule has 6 nitrogen and oxygen atoms in total. The Morgan fingerprint density at radius 2 is 1.50 bits per heavy atom. The van der Waals surface area contributed by atoms with E-state index in [9.17, 15) is 0 Å². The maximum absolute atomic E-state index is 5.16. The Morgan fingerprint density at radius 1 is 0.833 bits per heavy atom. The first-order chi connectivity index (χ1) is 8.76. The van der Waals surface area contributed by atoms with E-state index < -0.39 is 0 Å². The molecule has 0 aliphatic rings. The highest BCUT2D eigenvalue weighted by Gasteiger charge is 2.09. The van der Waals surface area contributed by atoms with Crippen molar-refractivity contribution < 1.29 is 14.2 Å². The molecule has 2 aromatic rings. The van der Waals surface area contributed by atoms with E-state index in [-0.39, 0.29) is 12.0 Å². The molecule has 94 valence electrons. The van der Waals surface area contributed by atoms with Gasteiger partial charge in [0.05, 0.1) is 21.3 Å². The van der Waals surface area contributed by atoms with Gasteiger partial charge in [0, 0.05) is 5.56 Å². The molecule has 1 aromatic heterocycles. The summed E-state index contributed by atoms with van der Waals surface area (Å²) in [5.41, 5.74) is 0.799. The third-order valence-corrected chi connectivity index (χ3v) is 2.29. The van der Waals surface area contributed by atoms with Crippen LogP contribution in [0.1, 0.15) is 0 Å². The molecule has 0 N–H and O–H groups in total. The Kier molecular flexibility index (Phi) is 3.57. The van der Waals surface area contributed by atoms with Crippen molar-refractivity contribution in [1.82, 2.24) is 15.0 Å². The molecule has 0 saturated carbocycles. The van der Waals surface area contributed by atoms with Crippen LogP contribution in [0.4, 0.5) is 0 Å². The maximum Gasteiger partial charge on any atom is 0.322 e. The highest BCUT2D eigenvalue weighted by atomic mass is 16.5. The number of benzene rings is 1. The number of hydrogen-bond donors (Lipinski definition) is 0. The standard InChI is InChI=1S/C12H13N3O3/c1-16-9-6-4-5-8(7-9)10-13-11(17-2)15-12(14-10)18-3/h4-7H,1-3H3. The predicted octanol–water partition coefficient (Wildman–Crippen LogP) is 1.56. The summed E-state index contributed by atoms with van der Waals surface area (Å²) in [7, 11) is 4.59. The van der Waals surface area contributed by atoms with Crippen molar-refractivity contribution in [3.8, 4) is 29.2 Å². The zero-order valence-corrected chi connectivity index (χ0v) is 10.4. The average molecular weight is 247 g/mol. The molecule has 0 bridgehead atoms. The van der Waals surface area contributed by atoms with Gasteiger partial charge in [0.1, 0.15) is 5.75 Å². The smallest absolute Gasteiger partial charge is 0.322 e. The fourth-order valence-electron chi connectivity index (χ4n) is 1.41. The molecule has 0 fully saturated rings. The van der Waals surface area contributed by atoms with Gasteiger partial charge in [-0.3, -0.25) is 0 Å². The Bertz CT molecular complexity index is 524. The van der Waals surface area contributed by atoms with Crippen LogP contribution in [0.5, 0.6) is 17.8 Å². The molecular formula is C12H13N3O3. The van der Waals surface area contributed by atoms with Crippen molar-refractivity contribution in [2.45, 2.75) is 0 Å². The van der Waals surface area contributed by atoms with Crippen LogP contribution in [0.3, 0.4) is 0 Å². The van der Waals surface area contributed by atoms with Crippen molar-refractivity contribution >= 4 is 0 Å².